The Balaban J connectivity index is 1.49. The van der Waals surface area contributed by atoms with Crippen LogP contribution in [-0.4, -0.2) is 75.6 Å². The summed E-state index contributed by atoms with van der Waals surface area (Å²) in [5.74, 6) is 0.184. The van der Waals surface area contributed by atoms with Crippen molar-refractivity contribution in [1.82, 2.24) is 9.80 Å². The predicted octanol–water partition coefficient (Wildman–Crippen LogP) is 0.979. The molecule has 1 amide bonds. The molecule has 9 heteroatoms. The second kappa shape index (κ2) is 8.00. The van der Waals surface area contributed by atoms with E-state index in [0.29, 0.717) is 37.7 Å². The minimum absolute atomic E-state index is 0.0505. The zero-order valence-corrected chi connectivity index (χ0v) is 17.1. The Morgan fingerprint density at radius 1 is 1.17 bits per heavy atom. The van der Waals surface area contributed by atoms with Crippen LogP contribution in [0.3, 0.4) is 0 Å². The summed E-state index contributed by atoms with van der Waals surface area (Å²) in [6.07, 6.45) is 4.89. The highest BCUT2D eigenvalue weighted by molar-refractivity contribution is 7.90. The molecule has 3 aliphatic heterocycles. The number of nitrogens with zero attached hydrogens (tertiary/aromatic N) is 4. The van der Waals surface area contributed by atoms with Crippen LogP contribution in [0.1, 0.15) is 5.56 Å². The zero-order chi connectivity index (χ0) is 20.4. The maximum Gasteiger partial charge on any atom is 0.256 e. The molecular weight excluding hydrogens is 392 g/mol. The van der Waals surface area contributed by atoms with Gasteiger partial charge in [0.05, 0.1) is 24.5 Å². The molecule has 0 unspecified atom stereocenters. The SMILES string of the molecule is CN(Cc1ccccc1N1CCOCC1)C(=O)C1=CN2CCS(=O)(=O)N=C2C=C1. The van der Waals surface area contributed by atoms with Crippen molar-refractivity contribution in [1.29, 1.82) is 0 Å². The van der Waals surface area contributed by atoms with Gasteiger partial charge in [0, 0.05) is 45.1 Å². The molecule has 29 heavy (non-hydrogen) atoms. The summed E-state index contributed by atoms with van der Waals surface area (Å²) in [6, 6.07) is 8.11. The highest BCUT2D eigenvalue weighted by atomic mass is 32.2. The van der Waals surface area contributed by atoms with Gasteiger partial charge in [0.2, 0.25) is 0 Å². The second-order valence-corrected chi connectivity index (χ2v) is 8.99. The highest BCUT2D eigenvalue weighted by Gasteiger charge is 2.26. The Morgan fingerprint density at radius 3 is 2.72 bits per heavy atom. The van der Waals surface area contributed by atoms with Crippen molar-refractivity contribution < 1.29 is 17.9 Å². The van der Waals surface area contributed by atoms with Crippen molar-refractivity contribution in [3.63, 3.8) is 0 Å². The number of morpholine rings is 1. The number of rotatable bonds is 4. The van der Waals surface area contributed by atoms with Gasteiger partial charge in [0.15, 0.2) is 0 Å². The predicted molar refractivity (Wildman–Crippen MR) is 111 cm³/mol. The van der Waals surface area contributed by atoms with Crippen LogP contribution in [-0.2, 0) is 26.1 Å². The molecule has 0 aliphatic carbocycles. The lowest BCUT2D eigenvalue weighted by Crippen LogP contribution is -2.39. The molecule has 1 fully saturated rings. The third-order valence-electron chi connectivity index (χ3n) is 5.17. The van der Waals surface area contributed by atoms with Crippen LogP contribution in [0.15, 0.2) is 52.6 Å². The van der Waals surface area contributed by atoms with Gasteiger partial charge in [-0.1, -0.05) is 18.2 Å². The number of carbonyl (C=O) groups is 1. The van der Waals surface area contributed by atoms with Gasteiger partial charge in [-0.3, -0.25) is 4.79 Å². The summed E-state index contributed by atoms with van der Waals surface area (Å²) in [7, 11) is -1.63. The molecule has 0 saturated carbocycles. The molecule has 1 aromatic rings. The van der Waals surface area contributed by atoms with Crippen LogP contribution in [0.2, 0.25) is 0 Å². The first-order valence-corrected chi connectivity index (χ1v) is 11.2. The number of amidine groups is 1. The minimum Gasteiger partial charge on any atom is -0.378 e. The van der Waals surface area contributed by atoms with Gasteiger partial charge < -0.3 is 19.4 Å². The minimum atomic E-state index is -3.41. The number of likely N-dealkylation sites (N-methyl/N-ethyl adjacent to an activating group) is 1. The normalized spacial score (nSPS) is 20.6. The summed E-state index contributed by atoms with van der Waals surface area (Å²) in [5.41, 5.74) is 2.71. The van der Waals surface area contributed by atoms with Crippen LogP contribution in [0, 0.1) is 0 Å². The van der Waals surface area contributed by atoms with E-state index in [2.05, 4.69) is 15.4 Å². The zero-order valence-electron chi connectivity index (χ0n) is 16.3. The van der Waals surface area contributed by atoms with Crippen LogP contribution < -0.4 is 4.90 Å². The number of carbonyl (C=O) groups excluding carboxylic acids is 1. The highest BCUT2D eigenvalue weighted by Crippen LogP contribution is 2.24. The average Bonchev–Trinajstić information content (AvgIpc) is 2.73. The van der Waals surface area contributed by atoms with E-state index in [0.717, 1.165) is 24.3 Å². The van der Waals surface area contributed by atoms with Gasteiger partial charge in [-0.2, -0.15) is 0 Å². The smallest absolute Gasteiger partial charge is 0.256 e. The van der Waals surface area contributed by atoms with Crippen molar-refractivity contribution in [3.8, 4) is 0 Å². The van der Waals surface area contributed by atoms with Gasteiger partial charge in [-0.25, -0.2) is 8.42 Å². The van der Waals surface area contributed by atoms with Crippen molar-refractivity contribution in [2.24, 2.45) is 4.40 Å². The van der Waals surface area contributed by atoms with Crippen molar-refractivity contribution in [2.75, 3.05) is 50.5 Å². The third kappa shape index (κ3) is 4.35. The average molecular weight is 417 g/mol. The van der Waals surface area contributed by atoms with Crippen molar-refractivity contribution >= 4 is 27.5 Å². The first-order chi connectivity index (χ1) is 13.9. The maximum atomic E-state index is 13.0. The molecule has 4 rings (SSSR count). The quantitative estimate of drug-likeness (QED) is 0.728. The number of para-hydroxylation sites is 1. The number of ether oxygens (including phenoxy) is 1. The molecule has 3 aliphatic rings. The van der Waals surface area contributed by atoms with Gasteiger partial charge in [0.1, 0.15) is 5.84 Å². The van der Waals surface area contributed by atoms with E-state index in [1.54, 1.807) is 35.2 Å². The topological polar surface area (TPSA) is 82.5 Å². The van der Waals surface area contributed by atoms with Crippen LogP contribution >= 0.6 is 0 Å². The molecule has 8 nitrogen and oxygen atoms in total. The molecule has 1 aromatic carbocycles. The number of amides is 1. The standard InChI is InChI=1S/C20H24N4O4S/c1-22(14-16-4-2-3-5-18(16)23-8-11-28-12-9-23)20(25)17-6-7-19-21-29(26,27)13-10-24(19)15-17/h2-7,15H,8-14H2,1H3. The van der Waals surface area contributed by atoms with Crippen LogP contribution in [0.5, 0.6) is 0 Å². The summed E-state index contributed by atoms with van der Waals surface area (Å²) in [6.45, 7) is 3.86. The number of hydrogen-bond donors (Lipinski definition) is 0. The first-order valence-electron chi connectivity index (χ1n) is 9.58. The largest absolute Gasteiger partial charge is 0.378 e. The van der Waals surface area contributed by atoms with Crippen molar-refractivity contribution in [3.05, 3.63) is 53.8 Å². The number of anilines is 1. The number of fused-ring (bicyclic) bond motifs is 1. The maximum absolute atomic E-state index is 13.0. The summed E-state index contributed by atoms with van der Waals surface area (Å²) in [5, 5.41) is 0. The molecule has 0 aromatic heterocycles. The first kappa shape index (κ1) is 19.7. The fraction of sp³-hybridized carbons (Fsp3) is 0.400. The fourth-order valence-corrected chi connectivity index (χ4v) is 4.60. The number of hydrogen-bond acceptors (Lipinski definition) is 6. The molecule has 0 N–H and O–H groups in total. The fourth-order valence-electron chi connectivity index (χ4n) is 3.63. The Morgan fingerprint density at radius 2 is 1.93 bits per heavy atom. The monoisotopic (exact) mass is 416 g/mol. The summed E-state index contributed by atoms with van der Waals surface area (Å²) in [4.78, 5) is 18.7. The summed E-state index contributed by atoms with van der Waals surface area (Å²) < 4.78 is 32.5. The van der Waals surface area contributed by atoms with E-state index < -0.39 is 10.0 Å². The van der Waals surface area contributed by atoms with Gasteiger partial charge >= 0.3 is 0 Å². The van der Waals surface area contributed by atoms with E-state index in [4.69, 9.17) is 4.74 Å². The van der Waals surface area contributed by atoms with Crippen LogP contribution in [0.4, 0.5) is 5.69 Å². The molecule has 3 heterocycles. The van der Waals surface area contributed by atoms with Crippen molar-refractivity contribution in [2.45, 2.75) is 6.54 Å². The lowest BCUT2D eigenvalue weighted by molar-refractivity contribution is -0.126. The second-order valence-electron chi connectivity index (χ2n) is 7.24. The molecular formula is C20H24N4O4S. The van der Waals surface area contributed by atoms with Gasteiger partial charge in [-0.05, 0) is 23.8 Å². The van der Waals surface area contributed by atoms with E-state index >= 15 is 0 Å². The van der Waals surface area contributed by atoms with E-state index in [-0.39, 0.29) is 11.7 Å². The van der Waals surface area contributed by atoms with E-state index in [1.165, 1.54) is 0 Å². The lowest BCUT2D eigenvalue weighted by Gasteiger charge is -2.32. The number of benzene rings is 1. The Labute approximate surface area is 170 Å². The molecule has 0 atom stereocenters. The molecule has 154 valence electrons. The van der Waals surface area contributed by atoms with Gasteiger partial charge in [0.25, 0.3) is 15.9 Å². The Bertz CT molecular complexity index is 993. The lowest BCUT2D eigenvalue weighted by atomic mass is 10.1. The molecule has 0 spiro atoms. The molecule has 0 bridgehead atoms. The van der Waals surface area contributed by atoms with E-state index in [9.17, 15) is 13.2 Å². The Kier molecular flexibility index (Phi) is 5.42. The Hall–Kier alpha value is -2.65. The third-order valence-corrected chi connectivity index (χ3v) is 6.33. The summed E-state index contributed by atoms with van der Waals surface area (Å²) >= 11 is 0. The molecule has 1 saturated heterocycles. The van der Waals surface area contributed by atoms with E-state index in [1.807, 2.05) is 18.2 Å². The van der Waals surface area contributed by atoms with Gasteiger partial charge in [-0.15, -0.1) is 4.40 Å². The number of sulfonamides is 1. The molecule has 0 radical (unpaired) electrons. The van der Waals surface area contributed by atoms with Crippen LogP contribution in [0.25, 0.3) is 0 Å².